The Kier molecular flexibility index (Phi) is 23.9. The molecule has 2 N–H and O–H groups in total. The van der Waals surface area contributed by atoms with Crippen molar-refractivity contribution in [3.8, 4) is 0 Å². The van der Waals surface area contributed by atoms with E-state index in [1.807, 2.05) is 0 Å². The fraction of sp³-hybridized carbons (Fsp3) is 0.955. The molecule has 0 radical (unpaired) electrons. The van der Waals surface area contributed by atoms with Gasteiger partial charge in [0.15, 0.2) is 0 Å². The van der Waals surface area contributed by atoms with Gasteiger partial charge < -0.3 is 15.6 Å². The molecule has 0 bridgehead atoms. The van der Waals surface area contributed by atoms with Gasteiger partial charge in [-0.1, -0.05) is 104 Å². The zero-order valence-electron chi connectivity index (χ0n) is 18.1. The van der Waals surface area contributed by atoms with Gasteiger partial charge in [0.2, 0.25) is 0 Å². The molecule has 2 unspecified atom stereocenters. The third-order valence-corrected chi connectivity index (χ3v) is 5.26. The predicted molar refractivity (Wildman–Crippen MR) is 106 cm³/mol. The van der Waals surface area contributed by atoms with E-state index in [9.17, 15) is 9.90 Å². The quantitative estimate of drug-likeness (QED) is 0.278. The van der Waals surface area contributed by atoms with Gasteiger partial charge in [0.25, 0.3) is 0 Å². The zero-order valence-corrected chi connectivity index (χ0v) is 20.1. The first-order valence-corrected chi connectivity index (χ1v) is 11.1. The summed E-state index contributed by atoms with van der Waals surface area (Å²) in [6.07, 6.45) is 19.7. The summed E-state index contributed by atoms with van der Waals surface area (Å²) in [5.41, 5.74) is 6.16. The van der Waals surface area contributed by atoms with Gasteiger partial charge in [0, 0.05) is 12.0 Å². The van der Waals surface area contributed by atoms with Crippen molar-refractivity contribution in [1.82, 2.24) is 0 Å². The van der Waals surface area contributed by atoms with Crippen LogP contribution in [0.5, 0.6) is 0 Å². The summed E-state index contributed by atoms with van der Waals surface area (Å²) in [6.45, 7) is 4.46. The summed E-state index contributed by atoms with van der Waals surface area (Å²) in [5, 5.41) is 11.4. The molecule has 0 aliphatic heterocycles. The molecule has 0 spiro atoms. The number of carboxylic acid groups (broad SMARTS) is 1. The van der Waals surface area contributed by atoms with Crippen molar-refractivity contribution >= 4 is 5.97 Å². The van der Waals surface area contributed by atoms with Gasteiger partial charge in [0.1, 0.15) is 0 Å². The third kappa shape index (κ3) is 19.2. The number of unbranched alkanes of at least 4 members (excludes halogenated alkanes) is 12. The fourth-order valence-electron chi connectivity index (χ4n) is 3.53. The molecule has 0 aromatic rings. The van der Waals surface area contributed by atoms with Crippen LogP contribution in [0.2, 0.25) is 0 Å². The molecule has 150 valence electrons. The second-order valence-corrected chi connectivity index (χ2v) is 7.83. The molecular weight excluding hydrogens is 333 g/mol. The summed E-state index contributed by atoms with van der Waals surface area (Å²) < 4.78 is 0. The molecule has 0 aliphatic rings. The van der Waals surface area contributed by atoms with Crippen LogP contribution in [-0.4, -0.2) is 12.0 Å². The van der Waals surface area contributed by atoms with Crippen LogP contribution in [0, 0.1) is 5.92 Å². The van der Waals surface area contributed by atoms with Gasteiger partial charge in [-0.2, -0.15) is 0 Å². The predicted octanol–water partition coefficient (Wildman–Crippen LogP) is 2.36. The van der Waals surface area contributed by atoms with E-state index in [4.69, 9.17) is 5.73 Å². The summed E-state index contributed by atoms with van der Waals surface area (Å²) in [6, 6.07) is 0.0168. The Labute approximate surface area is 185 Å². The van der Waals surface area contributed by atoms with Crippen LogP contribution in [0.3, 0.4) is 0 Å². The Hall–Kier alpha value is 0.430. The first kappa shape index (κ1) is 28.6. The Morgan fingerprint density at radius 2 is 1.12 bits per heavy atom. The minimum Gasteiger partial charge on any atom is -0.550 e. The molecular formula is C22H44NNaO2. The molecule has 0 saturated carbocycles. The molecule has 0 fully saturated rings. The molecule has 0 aromatic carbocycles. The standard InChI is InChI=1S/C22H45NO2.Na/c1-3-5-7-9-11-12-13-15-17-20(22(24)25)19-21(23)18-16-14-10-8-6-4-2;/h20-21H,3-19,23H2,1-2H3,(H,24,25);/q;+1/p-1. The third-order valence-electron chi connectivity index (χ3n) is 5.26. The van der Waals surface area contributed by atoms with Crippen LogP contribution in [0.4, 0.5) is 0 Å². The Balaban J connectivity index is 0. The summed E-state index contributed by atoms with van der Waals surface area (Å²) in [7, 11) is 0. The number of hydrogen-bond donors (Lipinski definition) is 1. The first-order chi connectivity index (χ1) is 12.1. The second kappa shape index (κ2) is 21.7. The number of aliphatic carboxylic acids is 1. The van der Waals surface area contributed by atoms with Crippen LogP contribution in [0.15, 0.2) is 0 Å². The monoisotopic (exact) mass is 377 g/mol. The van der Waals surface area contributed by atoms with Crippen molar-refractivity contribution in [2.75, 3.05) is 0 Å². The smallest absolute Gasteiger partial charge is 0.550 e. The molecule has 0 aliphatic carbocycles. The minimum absolute atomic E-state index is 0. The van der Waals surface area contributed by atoms with Crippen molar-refractivity contribution < 1.29 is 39.5 Å². The van der Waals surface area contributed by atoms with Gasteiger partial charge >= 0.3 is 29.6 Å². The average molecular weight is 378 g/mol. The number of carbonyl (C=O) groups is 1. The van der Waals surface area contributed by atoms with Crippen molar-refractivity contribution in [2.24, 2.45) is 11.7 Å². The van der Waals surface area contributed by atoms with E-state index in [-0.39, 0.29) is 41.5 Å². The largest absolute Gasteiger partial charge is 1.00 e. The maximum Gasteiger partial charge on any atom is 1.00 e. The first-order valence-electron chi connectivity index (χ1n) is 11.1. The second-order valence-electron chi connectivity index (χ2n) is 7.83. The summed E-state index contributed by atoms with van der Waals surface area (Å²) in [4.78, 5) is 11.4. The van der Waals surface area contributed by atoms with Crippen LogP contribution in [0.25, 0.3) is 0 Å². The summed E-state index contributed by atoms with van der Waals surface area (Å²) >= 11 is 0. The van der Waals surface area contributed by atoms with E-state index in [1.54, 1.807) is 0 Å². The number of carbonyl (C=O) groups excluding carboxylic acids is 1. The molecule has 0 saturated heterocycles. The number of hydrogen-bond acceptors (Lipinski definition) is 3. The van der Waals surface area contributed by atoms with Crippen LogP contribution >= 0.6 is 0 Å². The van der Waals surface area contributed by atoms with Gasteiger partial charge in [-0.3, -0.25) is 0 Å². The van der Waals surface area contributed by atoms with Crippen molar-refractivity contribution in [3.63, 3.8) is 0 Å². The molecule has 26 heavy (non-hydrogen) atoms. The van der Waals surface area contributed by atoms with Gasteiger partial charge in [0.05, 0.1) is 0 Å². The normalized spacial score (nSPS) is 13.2. The number of carboxylic acids is 1. The van der Waals surface area contributed by atoms with Crippen LogP contribution in [0.1, 0.15) is 123 Å². The van der Waals surface area contributed by atoms with Gasteiger partial charge in [-0.05, 0) is 25.2 Å². The summed E-state index contributed by atoms with van der Waals surface area (Å²) in [5.74, 6) is -1.25. The van der Waals surface area contributed by atoms with E-state index in [0.717, 1.165) is 32.1 Å². The molecule has 4 heteroatoms. The maximum absolute atomic E-state index is 11.4. The molecule has 2 atom stereocenters. The Morgan fingerprint density at radius 3 is 1.54 bits per heavy atom. The maximum atomic E-state index is 11.4. The topological polar surface area (TPSA) is 66.2 Å². The van der Waals surface area contributed by atoms with E-state index < -0.39 is 5.97 Å². The van der Waals surface area contributed by atoms with Crippen LogP contribution < -0.4 is 40.4 Å². The number of nitrogens with two attached hydrogens (primary N) is 1. The van der Waals surface area contributed by atoms with E-state index in [0.29, 0.717) is 6.42 Å². The average Bonchev–Trinajstić information content (AvgIpc) is 2.59. The van der Waals surface area contributed by atoms with Gasteiger partial charge in [-0.15, -0.1) is 0 Å². The van der Waals surface area contributed by atoms with Crippen molar-refractivity contribution in [1.29, 1.82) is 0 Å². The number of rotatable bonds is 19. The van der Waals surface area contributed by atoms with E-state index in [2.05, 4.69) is 13.8 Å². The molecule has 0 heterocycles. The SMILES string of the molecule is CCCCCCCCCCC(CC(N)CCCCCCCC)C(=O)[O-].[Na+]. The van der Waals surface area contributed by atoms with Crippen molar-refractivity contribution in [3.05, 3.63) is 0 Å². The molecule has 0 rings (SSSR count). The molecule has 0 aromatic heterocycles. The van der Waals surface area contributed by atoms with Gasteiger partial charge in [-0.25, -0.2) is 0 Å². The van der Waals surface area contributed by atoms with E-state index in [1.165, 1.54) is 70.6 Å². The van der Waals surface area contributed by atoms with Crippen LogP contribution in [-0.2, 0) is 4.79 Å². The van der Waals surface area contributed by atoms with E-state index >= 15 is 0 Å². The zero-order chi connectivity index (χ0) is 18.8. The fourth-order valence-corrected chi connectivity index (χ4v) is 3.53. The minimum atomic E-state index is -0.902. The molecule has 0 amide bonds. The Bertz CT molecular complexity index is 300. The Morgan fingerprint density at radius 1 is 0.731 bits per heavy atom. The van der Waals surface area contributed by atoms with Crippen molar-refractivity contribution in [2.45, 2.75) is 129 Å². The molecule has 3 nitrogen and oxygen atoms in total.